The Balaban J connectivity index is 2.57. The highest BCUT2D eigenvalue weighted by atomic mass is 16.6. The van der Waals surface area contributed by atoms with Crippen LogP contribution in [0.3, 0.4) is 0 Å². The van der Waals surface area contributed by atoms with Gasteiger partial charge in [0.05, 0.1) is 0 Å². The average Bonchev–Trinajstić information content (AvgIpc) is 2.91. The third-order valence-electron chi connectivity index (χ3n) is 7.14. The standard InChI is InChI=1S/C34H51N3O4/c1-8-10-12-16-23-37(30(31(38)35-22-11-9-2)28-21-17-18-25(3)26(28)4)32(39)29(24-27-19-14-13-15-20-27)36-33(40)41-34(5,6)7/h13-15,17-21,29-30H,8-12,16,22-24H2,1-7H3,(H,35,38)(H,36,40). The van der Waals surface area contributed by atoms with Crippen molar-refractivity contribution in [1.29, 1.82) is 0 Å². The molecular weight excluding hydrogens is 514 g/mol. The van der Waals surface area contributed by atoms with E-state index in [9.17, 15) is 14.4 Å². The Morgan fingerprint density at radius 2 is 1.56 bits per heavy atom. The molecule has 0 spiro atoms. The van der Waals surface area contributed by atoms with Gasteiger partial charge in [0, 0.05) is 19.5 Å². The molecule has 0 saturated carbocycles. The molecule has 2 unspecified atom stereocenters. The molecule has 2 atom stereocenters. The molecule has 0 aliphatic carbocycles. The van der Waals surface area contributed by atoms with Gasteiger partial charge in [-0.05, 0) is 69.7 Å². The van der Waals surface area contributed by atoms with Crippen LogP contribution in [0, 0.1) is 13.8 Å². The van der Waals surface area contributed by atoms with Gasteiger partial charge in [0.25, 0.3) is 0 Å². The fourth-order valence-corrected chi connectivity index (χ4v) is 4.78. The summed E-state index contributed by atoms with van der Waals surface area (Å²) in [6.45, 7) is 14.5. The van der Waals surface area contributed by atoms with Crippen molar-refractivity contribution in [2.24, 2.45) is 0 Å². The maximum atomic E-state index is 14.5. The number of benzene rings is 2. The van der Waals surface area contributed by atoms with Crippen molar-refractivity contribution < 1.29 is 19.1 Å². The van der Waals surface area contributed by atoms with Crippen molar-refractivity contribution >= 4 is 17.9 Å². The summed E-state index contributed by atoms with van der Waals surface area (Å²) in [6, 6.07) is 13.8. The third-order valence-corrected chi connectivity index (χ3v) is 7.14. The minimum atomic E-state index is -0.908. The van der Waals surface area contributed by atoms with Crippen molar-refractivity contribution in [1.82, 2.24) is 15.5 Å². The molecule has 7 heteroatoms. The molecule has 0 radical (unpaired) electrons. The van der Waals surface area contributed by atoms with Gasteiger partial charge in [-0.25, -0.2) is 4.79 Å². The number of amides is 3. The number of ether oxygens (including phenoxy) is 1. The second-order valence-electron chi connectivity index (χ2n) is 11.8. The van der Waals surface area contributed by atoms with Crippen LogP contribution in [0.2, 0.25) is 0 Å². The van der Waals surface area contributed by atoms with Crippen molar-refractivity contribution in [3.63, 3.8) is 0 Å². The highest BCUT2D eigenvalue weighted by Gasteiger charge is 2.37. The maximum absolute atomic E-state index is 14.5. The topological polar surface area (TPSA) is 87.7 Å². The zero-order valence-electron chi connectivity index (χ0n) is 26.2. The van der Waals surface area contributed by atoms with Crippen LogP contribution in [0.4, 0.5) is 4.79 Å². The molecule has 2 rings (SSSR count). The van der Waals surface area contributed by atoms with Gasteiger partial charge in [-0.2, -0.15) is 0 Å². The van der Waals surface area contributed by atoms with Crippen molar-refractivity contribution in [3.05, 3.63) is 70.8 Å². The van der Waals surface area contributed by atoms with E-state index >= 15 is 0 Å². The summed E-state index contributed by atoms with van der Waals surface area (Å²) >= 11 is 0. The number of nitrogens with one attached hydrogen (secondary N) is 2. The molecule has 3 amide bonds. The first-order valence-electron chi connectivity index (χ1n) is 15.2. The second kappa shape index (κ2) is 16.8. The number of aryl methyl sites for hydroxylation is 1. The number of nitrogens with zero attached hydrogens (tertiary/aromatic N) is 1. The SMILES string of the molecule is CCCCCCN(C(=O)C(Cc1ccccc1)NC(=O)OC(C)(C)C)C(C(=O)NCCCC)c1cccc(C)c1C. The summed E-state index contributed by atoms with van der Waals surface area (Å²) < 4.78 is 5.54. The van der Waals surface area contributed by atoms with E-state index in [1.165, 1.54) is 0 Å². The molecular formula is C34H51N3O4. The van der Waals surface area contributed by atoms with Crippen LogP contribution in [-0.2, 0) is 20.7 Å². The van der Waals surface area contributed by atoms with Gasteiger partial charge in [-0.15, -0.1) is 0 Å². The second-order valence-corrected chi connectivity index (χ2v) is 11.8. The Morgan fingerprint density at radius 1 is 0.878 bits per heavy atom. The predicted molar refractivity (Wildman–Crippen MR) is 166 cm³/mol. The molecule has 41 heavy (non-hydrogen) atoms. The molecule has 7 nitrogen and oxygen atoms in total. The summed E-state index contributed by atoms with van der Waals surface area (Å²) in [7, 11) is 0. The lowest BCUT2D eigenvalue weighted by molar-refractivity contribution is -0.142. The van der Waals surface area contributed by atoms with Crippen molar-refractivity contribution in [3.8, 4) is 0 Å². The smallest absolute Gasteiger partial charge is 0.408 e. The number of carbonyl (C=O) groups excluding carboxylic acids is 3. The lowest BCUT2D eigenvalue weighted by Crippen LogP contribution is -2.54. The van der Waals surface area contributed by atoms with E-state index in [0.717, 1.165) is 60.8 Å². The Hall–Kier alpha value is -3.35. The first-order chi connectivity index (χ1) is 19.5. The first kappa shape index (κ1) is 33.9. The molecule has 0 bridgehead atoms. The monoisotopic (exact) mass is 565 g/mol. The fourth-order valence-electron chi connectivity index (χ4n) is 4.78. The minimum Gasteiger partial charge on any atom is -0.444 e. The Kier molecular flexibility index (Phi) is 13.9. The van der Waals surface area contributed by atoms with Crippen LogP contribution >= 0.6 is 0 Å². The van der Waals surface area contributed by atoms with Crippen LogP contribution in [0.5, 0.6) is 0 Å². The summed E-state index contributed by atoms with van der Waals surface area (Å²) in [6.07, 6.45) is 5.23. The highest BCUT2D eigenvalue weighted by molar-refractivity contribution is 5.92. The number of alkyl carbamates (subject to hydrolysis) is 1. The molecule has 0 fully saturated rings. The van der Waals surface area contributed by atoms with Crippen LogP contribution in [0.1, 0.15) is 101 Å². The molecule has 226 valence electrons. The third kappa shape index (κ3) is 11.2. The van der Waals surface area contributed by atoms with Gasteiger partial charge in [-0.3, -0.25) is 9.59 Å². The van der Waals surface area contributed by atoms with Crippen LogP contribution in [0.15, 0.2) is 48.5 Å². The highest BCUT2D eigenvalue weighted by Crippen LogP contribution is 2.28. The first-order valence-corrected chi connectivity index (χ1v) is 15.2. The zero-order chi connectivity index (χ0) is 30.4. The molecule has 0 aliphatic rings. The van der Waals surface area contributed by atoms with E-state index in [1.54, 1.807) is 25.7 Å². The van der Waals surface area contributed by atoms with E-state index in [0.29, 0.717) is 13.1 Å². The van der Waals surface area contributed by atoms with Gasteiger partial charge >= 0.3 is 6.09 Å². The molecule has 2 aromatic rings. The lowest BCUT2D eigenvalue weighted by Gasteiger charge is -2.35. The molecule has 2 aromatic carbocycles. The normalized spacial score (nSPS) is 12.8. The number of hydrogen-bond donors (Lipinski definition) is 2. The average molecular weight is 566 g/mol. The summed E-state index contributed by atoms with van der Waals surface area (Å²) in [5, 5.41) is 5.92. The minimum absolute atomic E-state index is 0.202. The molecule has 0 saturated heterocycles. The Bertz CT molecular complexity index is 1110. The van der Waals surface area contributed by atoms with Crippen LogP contribution < -0.4 is 10.6 Å². The van der Waals surface area contributed by atoms with Gasteiger partial charge in [-0.1, -0.05) is 88.1 Å². The van der Waals surface area contributed by atoms with E-state index in [4.69, 9.17) is 4.74 Å². The summed E-state index contributed by atoms with van der Waals surface area (Å²) in [5.74, 6) is -0.500. The Labute approximate surface area is 247 Å². The Morgan fingerprint density at radius 3 is 2.20 bits per heavy atom. The van der Waals surface area contributed by atoms with Gasteiger partial charge < -0.3 is 20.3 Å². The van der Waals surface area contributed by atoms with E-state index in [-0.39, 0.29) is 18.2 Å². The van der Waals surface area contributed by atoms with E-state index < -0.39 is 23.8 Å². The van der Waals surface area contributed by atoms with E-state index in [1.807, 2.05) is 62.4 Å². The summed E-state index contributed by atoms with van der Waals surface area (Å²) in [5.41, 5.74) is 3.03. The molecule has 0 aliphatic heterocycles. The largest absolute Gasteiger partial charge is 0.444 e. The lowest BCUT2D eigenvalue weighted by atomic mass is 9.94. The van der Waals surface area contributed by atoms with Crippen molar-refractivity contribution in [2.45, 2.75) is 111 Å². The van der Waals surface area contributed by atoms with Crippen LogP contribution in [0.25, 0.3) is 0 Å². The van der Waals surface area contributed by atoms with Crippen LogP contribution in [-0.4, -0.2) is 47.5 Å². The van der Waals surface area contributed by atoms with Crippen molar-refractivity contribution in [2.75, 3.05) is 13.1 Å². The zero-order valence-corrected chi connectivity index (χ0v) is 26.2. The number of carbonyl (C=O) groups is 3. The van der Waals surface area contributed by atoms with Gasteiger partial charge in [0.1, 0.15) is 17.7 Å². The fraction of sp³-hybridized carbons (Fsp3) is 0.559. The van der Waals surface area contributed by atoms with E-state index in [2.05, 4.69) is 24.5 Å². The number of rotatable bonds is 15. The summed E-state index contributed by atoms with van der Waals surface area (Å²) in [4.78, 5) is 43.1. The quantitative estimate of drug-likeness (QED) is 0.232. The predicted octanol–water partition coefficient (Wildman–Crippen LogP) is 6.81. The van der Waals surface area contributed by atoms with Gasteiger partial charge in [0.15, 0.2) is 0 Å². The molecule has 0 aromatic heterocycles. The molecule has 2 N–H and O–H groups in total. The number of unbranched alkanes of at least 4 members (excludes halogenated alkanes) is 4. The van der Waals surface area contributed by atoms with Gasteiger partial charge in [0.2, 0.25) is 11.8 Å². The molecule has 0 heterocycles. The maximum Gasteiger partial charge on any atom is 0.408 e. The number of hydrogen-bond acceptors (Lipinski definition) is 4.